The number of nitrogens with one attached hydrogen (secondary N) is 1. The van der Waals surface area contributed by atoms with Crippen molar-refractivity contribution in [3.63, 3.8) is 0 Å². The highest BCUT2D eigenvalue weighted by atomic mass is 16.5. The van der Waals surface area contributed by atoms with E-state index in [4.69, 9.17) is 4.74 Å². The number of aryl methyl sites for hydroxylation is 1. The second kappa shape index (κ2) is 8.18. The van der Waals surface area contributed by atoms with Crippen molar-refractivity contribution in [3.05, 3.63) is 65.6 Å². The molecule has 3 heterocycles. The van der Waals surface area contributed by atoms with Gasteiger partial charge in [-0.15, -0.1) is 0 Å². The summed E-state index contributed by atoms with van der Waals surface area (Å²) in [5.74, 6) is 0.880. The summed E-state index contributed by atoms with van der Waals surface area (Å²) in [5, 5.41) is 7.23. The van der Waals surface area contributed by atoms with E-state index < -0.39 is 0 Å². The van der Waals surface area contributed by atoms with Gasteiger partial charge >= 0.3 is 0 Å². The van der Waals surface area contributed by atoms with Crippen molar-refractivity contribution in [2.24, 2.45) is 0 Å². The van der Waals surface area contributed by atoms with Crippen LogP contribution in [0.3, 0.4) is 0 Å². The second-order valence-electron chi connectivity index (χ2n) is 6.66. The van der Waals surface area contributed by atoms with Gasteiger partial charge in [-0.05, 0) is 18.6 Å². The van der Waals surface area contributed by atoms with E-state index >= 15 is 0 Å². The lowest BCUT2D eigenvalue weighted by atomic mass is 10.1. The van der Waals surface area contributed by atoms with Crippen LogP contribution in [0.15, 0.2) is 48.8 Å². The van der Waals surface area contributed by atoms with E-state index in [1.54, 1.807) is 29.2 Å². The van der Waals surface area contributed by atoms with Crippen LogP contribution in [0.1, 0.15) is 21.6 Å². The van der Waals surface area contributed by atoms with Crippen molar-refractivity contribution >= 4 is 17.7 Å². The lowest BCUT2D eigenvalue weighted by molar-refractivity contribution is 0.102. The van der Waals surface area contributed by atoms with Gasteiger partial charge in [0.05, 0.1) is 26.0 Å². The lowest BCUT2D eigenvalue weighted by Crippen LogP contribution is -2.37. The Bertz CT molecular complexity index is 965. The average molecular weight is 378 g/mol. The van der Waals surface area contributed by atoms with Crippen LogP contribution in [-0.2, 0) is 11.3 Å². The molecule has 0 unspecified atom stereocenters. The number of morpholine rings is 1. The van der Waals surface area contributed by atoms with Gasteiger partial charge < -0.3 is 15.0 Å². The third-order valence-electron chi connectivity index (χ3n) is 4.54. The molecule has 28 heavy (non-hydrogen) atoms. The normalized spacial score (nSPS) is 14.1. The Morgan fingerprint density at radius 3 is 2.86 bits per heavy atom. The van der Waals surface area contributed by atoms with Gasteiger partial charge in [0.25, 0.3) is 5.91 Å². The van der Waals surface area contributed by atoms with Crippen molar-refractivity contribution in [2.75, 3.05) is 36.5 Å². The molecule has 0 bridgehead atoms. The number of aromatic nitrogens is 4. The van der Waals surface area contributed by atoms with Crippen LogP contribution in [0.5, 0.6) is 0 Å². The zero-order chi connectivity index (χ0) is 19.3. The second-order valence-corrected chi connectivity index (χ2v) is 6.66. The molecular formula is C20H22N6O2. The molecule has 1 aromatic carbocycles. The molecule has 0 radical (unpaired) electrons. The monoisotopic (exact) mass is 378 g/mol. The minimum absolute atomic E-state index is 0.289. The van der Waals surface area contributed by atoms with Gasteiger partial charge in [-0.1, -0.05) is 29.8 Å². The first-order valence-electron chi connectivity index (χ1n) is 9.23. The SMILES string of the molecule is Cc1cccc(Cn2nccc2NC(=O)c2ccnc(N3CCOCC3)n2)c1. The zero-order valence-corrected chi connectivity index (χ0v) is 15.7. The van der Waals surface area contributed by atoms with Gasteiger partial charge in [0.2, 0.25) is 5.95 Å². The van der Waals surface area contributed by atoms with Crippen molar-refractivity contribution in [2.45, 2.75) is 13.5 Å². The maximum absolute atomic E-state index is 12.7. The fourth-order valence-corrected chi connectivity index (χ4v) is 3.12. The summed E-state index contributed by atoms with van der Waals surface area (Å²) in [7, 11) is 0. The van der Waals surface area contributed by atoms with Crippen molar-refractivity contribution in [1.29, 1.82) is 0 Å². The number of anilines is 2. The Hall–Kier alpha value is -3.26. The first-order chi connectivity index (χ1) is 13.7. The van der Waals surface area contributed by atoms with Gasteiger partial charge in [0.1, 0.15) is 11.5 Å². The fraction of sp³-hybridized carbons (Fsp3) is 0.300. The molecule has 144 valence electrons. The molecule has 1 N–H and O–H groups in total. The molecule has 8 nitrogen and oxygen atoms in total. The van der Waals surface area contributed by atoms with Gasteiger partial charge in [-0.2, -0.15) is 5.10 Å². The van der Waals surface area contributed by atoms with Crippen molar-refractivity contribution in [3.8, 4) is 0 Å². The summed E-state index contributed by atoms with van der Waals surface area (Å²) in [6.07, 6.45) is 3.28. The number of hydrogen-bond donors (Lipinski definition) is 1. The third-order valence-corrected chi connectivity index (χ3v) is 4.54. The molecule has 1 amide bonds. The van der Waals surface area contributed by atoms with E-state index in [-0.39, 0.29) is 5.91 Å². The van der Waals surface area contributed by atoms with E-state index in [2.05, 4.69) is 39.4 Å². The zero-order valence-electron chi connectivity index (χ0n) is 15.7. The Labute approximate surface area is 163 Å². The van der Waals surface area contributed by atoms with Gasteiger partial charge in [0.15, 0.2) is 0 Å². The van der Waals surface area contributed by atoms with E-state index in [0.717, 1.165) is 5.56 Å². The maximum Gasteiger partial charge on any atom is 0.275 e. The highest BCUT2D eigenvalue weighted by molar-refractivity contribution is 6.02. The smallest absolute Gasteiger partial charge is 0.275 e. The molecule has 0 aliphatic carbocycles. The Balaban J connectivity index is 1.48. The quantitative estimate of drug-likeness (QED) is 0.732. The molecule has 1 saturated heterocycles. The van der Waals surface area contributed by atoms with Crippen LogP contribution >= 0.6 is 0 Å². The first-order valence-corrected chi connectivity index (χ1v) is 9.23. The van der Waals surface area contributed by atoms with Gasteiger partial charge in [-0.25, -0.2) is 14.6 Å². The highest BCUT2D eigenvalue weighted by Crippen LogP contribution is 2.14. The fourth-order valence-electron chi connectivity index (χ4n) is 3.12. The maximum atomic E-state index is 12.7. The van der Waals surface area contributed by atoms with Crippen LogP contribution < -0.4 is 10.2 Å². The number of rotatable bonds is 5. The minimum atomic E-state index is -0.289. The Morgan fingerprint density at radius 1 is 1.18 bits per heavy atom. The van der Waals surface area contributed by atoms with Crippen LogP contribution in [0.25, 0.3) is 0 Å². The Morgan fingerprint density at radius 2 is 2.04 bits per heavy atom. The summed E-state index contributed by atoms with van der Waals surface area (Å²) in [5.41, 5.74) is 2.63. The van der Waals surface area contributed by atoms with E-state index in [1.807, 2.05) is 17.0 Å². The molecule has 0 atom stereocenters. The molecule has 3 aromatic rings. The number of amides is 1. The average Bonchev–Trinajstić information content (AvgIpc) is 3.15. The number of carbonyl (C=O) groups is 1. The minimum Gasteiger partial charge on any atom is -0.378 e. The van der Waals surface area contributed by atoms with Crippen LogP contribution in [0, 0.1) is 6.92 Å². The van der Waals surface area contributed by atoms with Crippen molar-refractivity contribution in [1.82, 2.24) is 19.7 Å². The molecule has 0 spiro atoms. The topological polar surface area (TPSA) is 85.2 Å². The first kappa shape index (κ1) is 18.1. The lowest BCUT2D eigenvalue weighted by Gasteiger charge is -2.26. The number of benzene rings is 1. The molecule has 1 aliphatic rings. The number of hydrogen-bond acceptors (Lipinski definition) is 6. The number of carbonyl (C=O) groups excluding carboxylic acids is 1. The number of ether oxygens (including phenoxy) is 1. The van der Waals surface area contributed by atoms with E-state index in [0.29, 0.717) is 50.3 Å². The molecule has 1 aliphatic heterocycles. The largest absolute Gasteiger partial charge is 0.378 e. The summed E-state index contributed by atoms with van der Waals surface area (Å²) in [4.78, 5) is 23.4. The Kier molecular flexibility index (Phi) is 5.29. The molecular weight excluding hydrogens is 356 g/mol. The molecule has 0 saturated carbocycles. The summed E-state index contributed by atoms with van der Waals surface area (Å²) in [6, 6.07) is 11.6. The van der Waals surface area contributed by atoms with Crippen LogP contribution in [0.4, 0.5) is 11.8 Å². The summed E-state index contributed by atoms with van der Waals surface area (Å²) in [6.45, 7) is 5.34. The summed E-state index contributed by atoms with van der Waals surface area (Å²) >= 11 is 0. The highest BCUT2D eigenvalue weighted by Gasteiger charge is 2.17. The van der Waals surface area contributed by atoms with E-state index in [9.17, 15) is 4.79 Å². The number of nitrogens with zero attached hydrogens (tertiary/aromatic N) is 5. The van der Waals surface area contributed by atoms with Crippen LogP contribution in [-0.4, -0.2) is 52.0 Å². The summed E-state index contributed by atoms with van der Waals surface area (Å²) < 4.78 is 7.11. The van der Waals surface area contributed by atoms with Gasteiger partial charge in [0, 0.05) is 25.4 Å². The molecule has 2 aromatic heterocycles. The van der Waals surface area contributed by atoms with Crippen LogP contribution in [0.2, 0.25) is 0 Å². The third kappa shape index (κ3) is 4.17. The molecule has 8 heteroatoms. The standard InChI is InChI=1S/C20H22N6O2/c1-15-3-2-4-16(13-15)14-26-18(6-8-22-26)24-19(27)17-5-7-21-20(23-17)25-9-11-28-12-10-25/h2-8,13H,9-12,14H2,1H3,(H,24,27). The van der Waals surface area contributed by atoms with E-state index in [1.165, 1.54) is 5.56 Å². The predicted octanol–water partition coefficient (Wildman–Crippen LogP) is 2.12. The molecule has 1 fully saturated rings. The molecule has 4 rings (SSSR count). The predicted molar refractivity (Wildman–Crippen MR) is 106 cm³/mol. The van der Waals surface area contributed by atoms with Crippen molar-refractivity contribution < 1.29 is 9.53 Å². The van der Waals surface area contributed by atoms with Gasteiger partial charge in [-0.3, -0.25) is 4.79 Å².